The maximum absolute atomic E-state index is 12.4. The van der Waals surface area contributed by atoms with Gasteiger partial charge in [0.25, 0.3) is 5.91 Å². The summed E-state index contributed by atoms with van der Waals surface area (Å²) in [6.45, 7) is 6.08. The smallest absolute Gasteiger partial charge is 0.326 e. The maximum atomic E-state index is 12.4. The molecule has 134 valence electrons. The number of rotatable bonds is 7. The quantitative estimate of drug-likeness (QED) is 0.801. The van der Waals surface area contributed by atoms with E-state index in [0.717, 1.165) is 22.5 Å². The number of carboxylic acid groups (broad SMARTS) is 1. The maximum Gasteiger partial charge on any atom is 0.326 e. The molecule has 2 rings (SSSR count). The first-order valence-corrected chi connectivity index (χ1v) is 7.99. The number of aromatic nitrogens is 2. The first-order valence-electron chi connectivity index (χ1n) is 7.99. The molecule has 7 heteroatoms. The molecule has 1 aromatic heterocycles. The minimum atomic E-state index is -1.10. The highest BCUT2D eigenvalue weighted by Crippen LogP contribution is 2.16. The Kier molecular flexibility index (Phi) is 5.93. The Balaban J connectivity index is 2.23. The summed E-state index contributed by atoms with van der Waals surface area (Å²) in [5.41, 5.74) is 4.03. The van der Waals surface area contributed by atoms with E-state index in [2.05, 4.69) is 16.5 Å². The van der Waals surface area contributed by atoms with Gasteiger partial charge in [-0.3, -0.25) is 4.79 Å². The van der Waals surface area contributed by atoms with Crippen LogP contribution in [-0.2, 0) is 9.53 Å². The normalized spacial score (nSPS) is 12.0. The van der Waals surface area contributed by atoms with Crippen LogP contribution >= 0.6 is 0 Å². The number of carbonyl (C=O) groups excluding carboxylic acids is 1. The number of nitrogens with one attached hydrogen (secondary N) is 1. The molecule has 0 fully saturated rings. The monoisotopic (exact) mass is 345 g/mol. The molecule has 0 aliphatic carbocycles. The second-order valence-electron chi connectivity index (χ2n) is 6.07. The zero-order chi connectivity index (χ0) is 18.6. The van der Waals surface area contributed by atoms with Crippen molar-refractivity contribution in [2.75, 3.05) is 13.7 Å². The van der Waals surface area contributed by atoms with Crippen molar-refractivity contribution >= 4 is 11.9 Å². The van der Waals surface area contributed by atoms with Crippen LogP contribution in [0.15, 0.2) is 24.3 Å². The Morgan fingerprint density at radius 2 is 1.84 bits per heavy atom. The summed E-state index contributed by atoms with van der Waals surface area (Å²) in [6.07, 6.45) is 0.189. The van der Waals surface area contributed by atoms with Gasteiger partial charge in [0.15, 0.2) is 5.69 Å². The molecule has 25 heavy (non-hydrogen) atoms. The Morgan fingerprint density at radius 3 is 2.40 bits per heavy atom. The van der Waals surface area contributed by atoms with Crippen LogP contribution in [0.1, 0.15) is 33.7 Å². The molecular weight excluding hydrogens is 322 g/mol. The van der Waals surface area contributed by atoms with E-state index in [1.54, 1.807) is 10.7 Å². The summed E-state index contributed by atoms with van der Waals surface area (Å²) in [4.78, 5) is 23.6. The highest BCUT2D eigenvalue weighted by Gasteiger charge is 2.22. The van der Waals surface area contributed by atoms with E-state index in [0.29, 0.717) is 0 Å². The standard InChI is InChI=1S/C18H23N3O4/c1-11-7-12(2)9-14(8-11)21-13(3)10-16(20-21)17(22)19-15(18(23)24)5-6-25-4/h7-10,15H,5-6H2,1-4H3,(H,19,22)(H,23,24). The molecule has 1 atom stereocenters. The number of benzene rings is 1. The Labute approximate surface area is 146 Å². The summed E-state index contributed by atoms with van der Waals surface area (Å²) in [7, 11) is 1.48. The van der Waals surface area contributed by atoms with Gasteiger partial charge in [0, 0.05) is 25.8 Å². The SMILES string of the molecule is COCCC(NC(=O)c1cc(C)n(-c2cc(C)cc(C)c2)n1)C(=O)O. The zero-order valence-electron chi connectivity index (χ0n) is 14.9. The van der Waals surface area contributed by atoms with Crippen LogP contribution in [0.25, 0.3) is 5.69 Å². The predicted octanol–water partition coefficient (Wildman–Crippen LogP) is 2.02. The molecule has 2 aromatic rings. The molecule has 0 radical (unpaired) electrons. The predicted molar refractivity (Wildman–Crippen MR) is 93.2 cm³/mol. The van der Waals surface area contributed by atoms with Gasteiger partial charge in [-0.1, -0.05) is 6.07 Å². The number of hydrogen-bond donors (Lipinski definition) is 2. The van der Waals surface area contributed by atoms with Crippen LogP contribution in [0.5, 0.6) is 0 Å². The largest absolute Gasteiger partial charge is 0.480 e. The van der Waals surface area contributed by atoms with Gasteiger partial charge in [0.1, 0.15) is 6.04 Å². The number of hydrogen-bond acceptors (Lipinski definition) is 4. The van der Waals surface area contributed by atoms with E-state index in [-0.39, 0.29) is 18.7 Å². The van der Waals surface area contributed by atoms with Gasteiger partial charge in [0.05, 0.1) is 5.69 Å². The third kappa shape index (κ3) is 4.67. The highest BCUT2D eigenvalue weighted by atomic mass is 16.5. The average Bonchev–Trinajstić information content (AvgIpc) is 2.92. The average molecular weight is 345 g/mol. The molecule has 1 aromatic carbocycles. The van der Waals surface area contributed by atoms with Gasteiger partial charge >= 0.3 is 5.97 Å². The first kappa shape index (κ1) is 18.7. The Morgan fingerprint density at radius 1 is 1.20 bits per heavy atom. The lowest BCUT2D eigenvalue weighted by Gasteiger charge is -2.12. The number of carbonyl (C=O) groups is 2. The van der Waals surface area contributed by atoms with E-state index in [1.807, 2.05) is 32.9 Å². The van der Waals surface area contributed by atoms with Crippen LogP contribution in [0, 0.1) is 20.8 Å². The molecule has 7 nitrogen and oxygen atoms in total. The fourth-order valence-corrected chi connectivity index (χ4v) is 2.65. The fourth-order valence-electron chi connectivity index (χ4n) is 2.65. The minimum absolute atomic E-state index is 0.181. The van der Waals surface area contributed by atoms with Gasteiger partial charge in [-0.15, -0.1) is 0 Å². The molecule has 2 N–H and O–H groups in total. The van der Waals surface area contributed by atoms with E-state index in [4.69, 9.17) is 4.74 Å². The minimum Gasteiger partial charge on any atom is -0.480 e. The van der Waals surface area contributed by atoms with Gasteiger partial charge < -0.3 is 15.2 Å². The third-order valence-corrected chi connectivity index (χ3v) is 3.79. The highest BCUT2D eigenvalue weighted by molar-refractivity contribution is 5.95. The molecule has 1 amide bonds. The molecule has 0 aliphatic rings. The molecule has 0 aliphatic heterocycles. The number of carboxylic acids is 1. The number of amides is 1. The van der Waals surface area contributed by atoms with Crippen molar-refractivity contribution in [2.24, 2.45) is 0 Å². The van der Waals surface area contributed by atoms with Gasteiger partial charge in [-0.05, 0) is 50.1 Å². The van der Waals surface area contributed by atoms with Crippen molar-refractivity contribution in [3.8, 4) is 5.69 Å². The molecular formula is C18H23N3O4. The topological polar surface area (TPSA) is 93.5 Å². The lowest BCUT2D eigenvalue weighted by atomic mass is 10.1. The van der Waals surface area contributed by atoms with Gasteiger partial charge in [-0.25, -0.2) is 9.48 Å². The number of nitrogens with zero attached hydrogens (tertiary/aromatic N) is 2. The molecule has 1 unspecified atom stereocenters. The summed E-state index contributed by atoms with van der Waals surface area (Å²) in [6, 6.07) is 6.64. The summed E-state index contributed by atoms with van der Waals surface area (Å²) in [5, 5.41) is 16.0. The summed E-state index contributed by atoms with van der Waals surface area (Å²) >= 11 is 0. The molecule has 0 bridgehead atoms. The van der Waals surface area contributed by atoms with Crippen molar-refractivity contribution < 1.29 is 19.4 Å². The van der Waals surface area contributed by atoms with Crippen LogP contribution in [0.2, 0.25) is 0 Å². The molecule has 0 saturated heterocycles. The van der Waals surface area contributed by atoms with Crippen molar-refractivity contribution in [1.29, 1.82) is 0 Å². The number of ether oxygens (including phenoxy) is 1. The lowest BCUT2D eigenvalue weighted by Crippen LogP contribution is -2.41. The van der Waals surface area contributed by atoms with Crippen LogP contribution in [0.4, 0.5) is 0 Å². The van der Waals surface area contributed by atoms with Crippen LogP contribution in [0.3, 0.4) is 0 Å². The van der Waals surface area contributed by atoms with Gasteiger partial charge in [0.2, 0.25) is 0 Å². The lowest BCUT2D eigenvalue weighted by molar-refractivity contribution is -0.139. The van der Waals surface area contributed by atoms with Crippen molar-refractivity contribution in [1.82, 2.24) is 15.1 Å². The molecule has 1 heterocycles. The third-order valence-electron chi connectivity index (χ3n) is 3.79. The van der Waals surface area contributed by atoms with Crippen molar-refractivity contribution in [3.63, 3.8) is 0 Å². The fraction of sp³-hybridized carbons (Fsp3) is 0.389. The second kappa shape index (κ2) is 7.94. The summed E-state index contributed by atoms with van der Waals surface area (Å²) < 4.78 is 6.56. The number of methoxy groups -OCH3 is 1. The van der Waals surface area contributed by atoms with Crippen molar-refractivity contribution in [3.05, 3.63) is 46.8 Å². The van der Waals surface area contributed by atoms with E-state index in [1.165, 1.54) is 7.11 Å². The van der Waals surface area contributed by atoms with E-state index in [9.17, 15) is 14.7 Å². The second-order valence-corrected chi connectivity index (χ2v) is 6.07. The van der Waals surface area contributed by atoms with E-state index < -0.39 is 17.9 Å². The number of aliphatic carboxylic acids is 1. The molecule has 0 saturated carbocycles. The van der Waals surface area contributed by atoms with Crippen LogP contribution < -0.4 is 5.32 Å². The Hall–Kier alpha value is -2.67. The van der Waals surface area contributed by atoms with Crippen LogP contribution in [-0.4, -0.2) is 46.5 Å². The van der Waals surface area contributed by atoms with E-state index >= 15 is 0 Å². The molecule has 0 spiro atoms. The zero-order valence-corrected chi connectivity index (χ0v) is 14.9. The first-order chi connectivity index (χ1) is 11.8. The van der Waals surface area contributed by atoms with Crippen molar-refractivity contribution in [2.45, 2.75) is 33.2 Å². The van der Waals surface area contributed by atoms with Gasteiger partial charge in [-0.2, -0.15) is 5.10 Å². The Bertz CT molecular complexity index is 762. The number of aryl methyl sites for hydroxylation is 3. The summed E-state index contributed by atoms with van der Waals surface area (Å²) in [5.74, 6) is -1.62.